The van der Waals surface area contributed by atoms with E-state index in [1.807, 2.05) is 13.1 Å². The lowest BCUT2D eigenvalue weighted by Crippen LogP contribution is -2.42. The molecule has 6 heteroatoms. The molecule has 0 bridgehead atoms. The summed E-state index contributed by atoms with van der Waals surface area (Å²) in [5.74, 6) is -2.98. The first-order valence-corrected chi connectivity index (χ1v) is 10.8. The third kappa shape index (κ3) is 4.79. The van der Waals surface area contributed by atoms with Crippen LogP contribution in [0.2, 0.25) is 18.1 Å². The Bertz CT molecular complexity index is 439. The van der Waals surface area contributed by atoms with Crippen molar-refractivity contribution < 1.29 is 22.7 Å². The molecule has 1 rings (SSSR count). The van der Waals surface area contributed by atoms with Gasteiger partial charge in [0.25, 0.3) is 8.32 Å². The summed E-state index contributed by atoms with van der Waals surface area (Å²) in [6.45, 7) is 12.2. The largest absolute Gasteiger partial charge is 0.539 e. The highest BCUT2D eigenvalue weighted by atomic mass is 28.4. The second-order valence-electron chi connectivity index (χ2n) is 7.37. The van der Waals surface area contributed by atoms with E-state index in [0.29, 0.717) is 5.57 Å². The number of alkyl halides is 2. The fourth-order valence-corrected chi connectivity index (χ4v) is 3.05. The van der Waals surface area contributed by atoms with Crippen molar-refractivity contribution in [3.05, 3.63) is 11.3 Å². The lowest BCUT2D eigenvalue weighted by Gasteiger charge is -2.38. The Labute approximate surface area is 133 Å². The zero-order valence-corrected chi connectivity index (χ0v) is 15.5. The summed E-state index contributed by atoms with van der Waals surface area (Å²) in [5.41, 5.74) is 0.675. The number of rotatable bonds is 4. The molecule has 128 valence electrons. The molecule has 1 aliphatic rings. The van der Waals surface area contributed by atoms with Gasteiger partial charge in [0.1, 0.15) is 0 Å². The van der Waals surface area contributed by atoms with Crippen molar-refractivity contribution >= 4 is 14.3 Å². The lowest BCUT2D eigenvalue weighted by atomic mass is 9.91. The maximum atomic E-state index is 13.3. The highest BCUT2D eigenvalue weighted by Crippen LogP contribution is 2.41. The van der Waals surface area contributed by atoms with Crippen LogP contribution in [0.15, 0.2) is 11.3 Å². The van der Waals surface area contributed by atoms with Crippen LogP contribution in [0.3, 0.4) is 0 Å². The smallest absolute Gasteiger partial charge is 0.372 e. The Morgan fingerprint density at radius 2 is 1.73 bits per heavy atom. The first-order valence-electron chi connectivity index (χ1n) is 7.85. The molecular formula is C16H28F2O3Si. The summed E-state index contributed by atoms with van der Waals surface area (Å²) in [7, 11) is -2.23. The summed E-state index contributed by atoms with van der Waals surface area (Å²) in [6, 6.07) is 0. The zero-order chi connectivity index (χ0) is 17.2. The maximum absolute atomic E-state index is 13.3. The molecule has 0 spiro atoms. The Hall–Kier alpha value is -0.913. The van der Waals surface area contributed by atoms with Crippen LogP contribution >= 0.6 is 0 Å². The highest BCUT2D eigenvalue weighted by molar-refractivity contribution is 6.74. The number of hydrogen-bond donors (Lipinski definition) is 0. The van der Waals surface area contributed by atoms with Crippen LogP contribution in [0.5, 0.6) is 0 Å². The van der Waals surface area contributed by atoms with Gasteiger partial charge in [-0.05, 0) is 43.5 Å². The van der Waals surface area contributed by atoms with Gasteiger partial charge in [0, 0.05) is 12.8 Å². The Balaban J connectivity index is 3.08. The molecule has 0 saturated heterocycles. The summed E-state index contributed by atoms with van der Waals surface area (Å²) in [4.78, 5) is 12.2. The number of hydrogen-bond acceptors (Lipinski definition) is 3. The predicted octanol–water partition coefficient (Wildman–Crippen LogP) is 5.03. The minimum atomic E-state index is -2.64. The van der Waals surface area contributed by atoms with Crippen molar-refractivity contribution in [2.45, 2.75) is 77.4 Å². The number of carbonyl (C=O) groups excluding carboxylic acids is 1. The number of ether oxygens (including phenoxy) is 1. The molecule has 0 amide bonds. The van der Waals surface area contributed by atoms with E-state index >= 15 is 0 Å². The third-order valence-corrected chi connectivity index (χ3v) is 8.86. The van der Waals surface area contributed by atoms with Crippen LogP contribution in [-0.4, -0.2) is 26.8 Å². The van der Waals surface area contributed by atoms with Crippen LogP contribution < -0.4 is 0 Å². The number of halogens is 2. The fourth-order valence-electron chi connectivity index (χ4n) is 2.01. The van der Waals surface area contributed by atoms with Crippen molar-refractivity contribution in [2.75, 3.05) is 6.61 Å². The second kappa shape index (κ2) is 6.68. The summed E-state index contributed by atoms with van der Waals surface area (Å²) >= 11 is 0. The van der Waals surface area contributed by atoms with Gasteiger partial charge >= 0.3 is 5.97 Å². The SMILES string of the molecule is CCOC(=O)C(O[Si](C)(C)C(C)(C)C)=C1CCC(F)(F)CC1. The van der Waals surface area contributed by atoms with E-state index in [0.717, 1.165) is 0 Å². The third-order valence-electron chi connectivity index (χ3n) is 4.53. The average Bonchev–Trinajstić information content (AvgIpc) is 2.35. The summed E-state index contributed by atoms with van der Waals surface area (Å²) < 4.78 is 37.9. The molecule has 1 fully saturated rings. The van der Waals surface area contributed by atoms with E-state index in [9.17, 15) is 13.6 Å². The van der Waals surface area contributed by atoms with Crippen molar-refractivity contribution in [3.8, 4) is 0 Å². The van der Waals surface area contributed by atoms with Crippen molar-refractivity contribution in [1.29, 1.82) is 0 Å². The molecule has 0 radical (unpaired) electrons. The van der Waals surface area contributed by atoms with Crippen LogP contribution in [0.1, 0.15) is 53.4 Å². The first-order chi connectivity index (χ1) is 9.89. The van der Waals surface area contributed by atoms with E-state index in [4.69, 9.17) is 9.16 Å². The number of esters is 1. The van der Waals surface area contributed by atoms with Crippen LogP contribution in [0.25, 0.3) is 0 Å². The van der Waals surface area contributed by atoms with Gasteiger partial charge in [-0.25, -0.2) is 13.6 Å². The molecule has 0 unspecified atom stereocenters. The van der Waals surface area contributed by atoms with E-state index in [2.05, 4.69) is 20.8 Å². The molecule has 1 saturated carbocycles. The zero-order valence-electron chi connectivity index (χ0n) is 14.5. The molecule has 0 heterocycles. The topological polar surface area (TPSA) is 35.5 Å². The van der Waals surface area contributed by atoms with Gasteiger partial charge in [-0.15, -0.1) is 0 Å². The van der Waals surface area contributed by atoms with Crippen LogP contribution in [0.4, 0.5) is 8.78 Å². The second-order valence-corrected chi connectivity index (χ2v) is 12.1. The average molecular weight is 334 g/mol. The molecular weight excluding hydrogens is 306 g/mol. The highest BCUT2D eigenvalue weighted by Gasteiger charge is 2.42. The van der Waals surface area contributed by atoms with Crippen molar-refractivity contribution in [2.24, 2.45) is 0 Å². The van der Waals surface area contributed by atoms with E-state index in [-0.39, 0.29) is 43.1 Å². The molecule has 0 N–H and O–H groups in total. The summed E-state index contributed by atoms with van der Waals surface area (Å²) in [5, 5.41) is -0.0795. The summed E-state index contributed by atoms with van der Waals surface area (Å²) in [6.07, 6.45) is -0.0796. The normalized spacial score (nSPS) is 18.8. The van der Waals surface area contributed by atoms with Crippen molar-refractivity contribution in [1.82, 2.24) is 0 Å². The lowest BCUT2D eigenvalue weighted by molar-refractivity contribution is -0.141. The Kier molecular flexibility index (Phi) is 5.81. The Morgan fingerprint density at radius 3 is 2.14 bits per heavy atom. The van der Waals surface area contributed by atoms with Gasteiger partial charge in [0.15, 0.2) is 5.76 Å². The van der Waals surface area contributed by atoms with E-state index in [1.165, 1.54) is 0 Å². The maximum Gasteiger partial charge on any atom is 0.372 e. The van der Waals surface area contributed by atoms with Crippen molar-refractivity contribution in [3.63, 3.8) is 0 Å². The molecule has 0 atom stereocenters. The molecule has 0 aromatic heterocycles. The molecule has 22 heavy (non-hydrogen) atoms. The monoisotopic (exact) mass is 334 g/mol. The first kappa shape index (κ1) is 19.1. The van der Waals surface area contributed by atoms with Gasteiger partial charge in [0.05, 0.1) is 6.61 Å². The van der Waals surface area contributed by atoms with E-state index < -0.39 is 20.2 Å². The fraction of sp³-hybridized carbons (Fsp3) is 0.812. The Morgan fingerprint density at radius 1 is 1.23 bits per heavy atom. The number of carbonyl (C=O) groups is 1. The predicted molar refractivity (Wildman–Crippen MR) is 85.4 cm³/mol. The quantitative estimate of drug-likeness (QED) is 0.313. The van der Waals surface area contributed by atoms with Gasteiger partial charge < -0.3 is 9.16 Å². The standard InChI is InChI=1S/C16H28F2O3Si/c1-7-20-14(19)13(21-22(5,6)15(2,3)4)12-8-10-16(17,18)11-9-12/h7-11H2,1-6H3. The van der Waals surface area contributed by atoms with Crippen LogP contribution in [0, 0.1) is 0 Å². The van der Waals surface area contributed by atoms with Gasteiger partial charge in [-0.1, -0.05) is 20.8 Å². The minimum Gasteiger partial charge on any atom is -0.539 e. The van der Waals surface area contributed by atoms with Gasteiger partial charge in [0.2, 0.25) is 5.92 Å². The van der Waals surface area contributed by atoms with Gasteiger partial charge in [-0.2, -0.15) is 0 Å². The molecule has 3 nitrogen and oxygen atoms in total. The van der Waals surface area contributed by atoms with Crippen LogP contribution in [-0.2, 0) is 14.0 Å². The molecule has 0 aliphatic heterocycles. The van der Waals surface area contributed by atoms with Gasteiger partial charge in [-0.3, -0.25) is 0 Å². The number of allylic oxidation sites excluding steroid dienone is 1. The molecule has 0 aromatic rings. The minimum absolute atomic E-state index is 0.0795. The molecule has 1 aliphatic carbocycles. The van der Waals surface area contributed by atoms with E-state index in [1.54, 1.807) is 6.92 Å². The molecule has 0 aromatic carbocycles.